The number of allylic oxidation sites excluding steroid dienone is 1. The number of hydrogen-bond acceptors (Lipinski definition) is 6. The summed E-state index contributed by atoms with van der Waals surface area (Å²) in [5.41, 5.74) is 7.23. The number of halogens is 3. The third-order valence-corrected chi connectivity index (χ3v) is 6.79. The Balaban J connectivity index is 1.90. The number of alkyl halides is 3. The summed E-state index contributed by atoms with van der Waals surface area (Å²) in [5.74, 6) is -0.0658. The molecule has 184 valence electrons. The maximum Gasteiger partial charge on any atom is 0.573 e. The monoisotopic (exact) mass is 521 g/mol. The van der Waals surface area contributed by atoms with Gasteiger partial charge in [0, 0.05) is 16.2 Å². The van der Waals surface area contributed by atoms with E-state index in [9.17, 15) is 23.2 Å². The molecule has 0 spiro atoms. The van der Waals surface area contributed by atoms with Crippen LogP contribution in [0.25, 0.3) is 0 Å². The molecule has 11 heteroatoms. The Morgan fingerprint density at radius 1 is 1.29 bits per heavy atom. The van der Waals surface area contributed by atoms with Crippen molar-refractivity contribution >= 4 is 37.7 Å². The van der Waals surface area contributed by atoms with Crippen LogP contribution < -0.4 is 15.4 Å². The fourth-order valence-corrected chi connectivity index (χ4v) is 4.34. The zero-order valence-corrected chi connectivity index (χ0v) is 20.8. The highest BCUT2D eigenvalue weighted by atomic mass is 32.2. The lowest BCUT2D eigenvalue weighted by Gasteiger charge is -2.25. The summed E-state index contributed by atoms with van der Waals surface area (Å²) in [7, 11) is 3.45. The molecule has 6 nitrogen and oxygen atoms in total. The van der Waals surface area contributed by atoms with E-state index in [1.165, 1.54) is 40.9 Å². The maximum atomic E-state index is 13.1. The zero-order chi connectivity index (χ0) is 26.0. The van der Waals surface area contributed by atoms with Crippen LogP contribution in [0, 0.1) is 16.7 Å². The molecular weight excluding hydrogens is 498 g/mol. The summed E-state index contributed by atoms with van der Waals surface area (Å²) < 4.78 is 47.0. The highest BCUT2D eigenvalue weighted by Gasteiger charge is 2.32. The van der Waals surface area contributed by atoms with Gasteiger partial charge in [0.2, 0.25) is 5.91 Å². The topological polar surface area (TPSA) is 88.6 Å². The standard InChI is InChI=1S/C24H23F3N3O3PS/c1-14(23(2,3)13-28)32-22(34)16-6-9-20-19(10-16)30(21(31)18(29)12-35-20)11-15-4-7-17(8-5-15)33-24(25,26)27/h4-10,18,34H,1,11-12,29H2,2-3H3/t18-/m0/s1. The van der Waals surface area contributed by atoms with Gasteiger partial charge in [-0.3, -0.25) is 4.79 Å². The predicted octanol–water partition coefficient (Wildman–Crippen LogP) is 5.25. The summed E-state index contributed by atoms with van der Waals surface area (Å²) in [4.78, 5) is 15.4. The Kier molecular flexibility index (Phi) is 7.85. The fourth-order valence-electron chi connectivity index (χ4n) is 3.08. The second-order valence-electron chi connectivity index (χ2n) is 8.31. The first kappa shape index (κ1) is 26.6. The van der Waals surface area contributed by atoms with Crippen molar-refractivity contribution in [2.75, 3.05) is 10.7 Å². The molecule has 0 aliphatic carbocycles. The maximum absolute atomic E-state index is 13.1. The van der Waals surface area contributed by atoms with E-state index in [2.05, 4.69) is 26.2 Å². The van der Waals surface area contributed by atoms with Gasteiger partial charge in [-0.15, -0.1) is 24.9 Å². The molecule has 0 unspecified atom stereocenters. The van der Waals surface area contributed by atoms with Crippen molar-refractivity contribution in [2.24, 2.45) is 11.1 Å². The average Bonchev–Trinajstić information content (AvgIpc) is 2.91. The molecule has 0 fully saturated rings. The average molecular weight is 522 g/mol. The number of anilines is 1. The molecule has 1 amide bonds. The second kappa shape index (κ2) is 10.3. The Morgan fingerprint density at radius 3 is 2.54 bits per heavy atom. The van der Waals surface area contributed by atoms with Crippen LogP contribution in [0.15, 0.2) is 59.7 Å². The third kappa shape index (κ3) is 6.57. The van der Waals surface area contributed by atoms with E-state index < -0.39 is 17.8 Å². The highest BCUT2D eigenvalue weighted by molar-refractivity contribution is 7.99. The number of nitriles is 1. The summed E-state index contributed by atoms with van der Waals surface area (Å²) in [5, 5.41) is 9.30. The zero-order valence-electron chi connectivity index (χ0n) is 19.0. The number of amides is 1. The molecule has 2 aromatic rings. The van der Waals surface area contributed by atoms with Gasteiger partial charge in [-0.05, 0) is 49.7 Å². The molecule has 0 aromatic heterocycles. The normalized spacial score (nSPS) is 16.1. The van der Waals surface area contributed by atoms with Gasteiger partial charge in [0.15, 0.2) is 5.48 Å². The van der Waals surface area contributed by atoms with Crippen molar-refractivity contribution in [1.29, 1.82) is 5.26 Å². The summed E-state index contributed by atoms with van der Waals surface area (Å²) in [6.45, 7) is 7.26. The van der Waals surface area contributed by atoms with Crippen LogP contribution >= 0.6 is 20.6 Å². The van der Waals surface area contributed by atoms with Crippen molar-refractivity contribution in [1.82, 2.24) is 0 Å². The Morgan fingerprint density at radius 2 is 1.94 bits per heavy atom. The first-order valence-electron chi connectivity index (χ1n) is 10.4. The van der Waals surface area contributed by atoms with E-state index in [-0.39, 0.29) is 24.0 Å². The van der Waals surface area contributed by atoms with Crippen LogP contribution in [0.1, 0.15) is 25.0 Å². The lowest BCUT2D eigenvalue weighted by molar-refractivity contribution is -0.274. The molecule has 0 saturated carbocycles. The molecule has 0 bridgehead atoms. The fraction of sp³-hybridized carbons (Fsp3) is 0.292. The molecule has 35 heavy (non-hydrogen) atoms. The van der Waals surface area contributed by atoms with Crippen molar-refractivity contribution < 1.29 is 27.4 Å². The largest absolute Gasteiger partial charge is 0.573 e. The van der Waals surface area contributed by atoms with Gasteiger partial charge in [-0.2, -0.15) is 5.26 Å². The number of fused-ring (bicyclic) bond motifs is 1. The van der Waals surface area contributed by atoms with Crippen molar-refractivity contribution in [3.63, 3.8) is 0 Å². The van der Waals surface area contributed by atoms with Gasteiger partial charge < -0.3 is 20.1 Å². The minimum atomic E-state index is -4.79. The predicted molar refractivity (Wildman–Crippen MR) is 131 cm³/mol. The van der Waals surface area contributed by atoms with E-state index in [0.717, 1.165) is 4.90 Å². The van der Waals surface area contributed by atoms with Gasteiger partial charge >= 0.3 is 6.36 Å². The smallest absolute Gasteiger partial charge is 0.456 e. The van der Waals surface area contributed by atoms with E-state index in [0.29, 0.717) is 28.0 Å². The van der Waals surface area contributed by atoms with Crippen LogP contribution in [0.5, 0.6) is 5.75 Å². The number of ether oxygens (including phenoxy) is 2. The quantitative estimate of drug-likeness (QED) is 0.396. The molecule has 3 rings (SSSR count). The number of benzene rings is 2. The van der Waals surface area contributed by atoms with Gasteiger partial charge in [0.25, 0.3) is 0 Å². The van der Waals surface area contributed by atoms with Crippen LogP contribution in [-0.4, -0.2) is 29.5 Å². The van der Waals surface area contributed by atoms with E-state index in [4.69, 9.17) is 10.5 Å². The summed E-state index contributed by atoms with van der Waals surface area (Å²) >= 11 is 1.43. The molecule has 2 aromatic carbocycles. The highest BCUT2D eigenvalue weighted by Crippen LogP contribution is 2.37. The Bertz CT molecular complexity index is 1190. The molecule has 0 saturated heterocycles. The molecule has 1 atom stereocenters. The Hall–Kier alpha value is -2.99. The van der Waals surface area contributed by atoms with Crippen molar-refractivity contribution in [3.8, 4) is 11.8 Å². The molecule has 2 N–H and O–H groups in total. The van der Waals surface area contributed by atoms with Crippen LogP contribution in [0.4, 0.5) is 18.9 Å². The molecular formula is C24H23F3N3O3PS. The van der Waals surface area contributed by atoms with Crippen molar-refractivity contribution in [3.05, 3.63) is 65.9 Å². The number of nitrogens with two attached hydrogens (primary N) is 1. The number of carbonyl (C=O) groups is 1. The minimum absolute atomic E-state index is 0.0852. The van der Waals surface area contributed by atoms with Crippen LogP contribution in [0.2, 0.25) is 0 Å². The molecule has 1 aliphatic rings. The van der Waals surface area contributed by atoms with Gasteiger partial charge in [0.1, 0.15) is 16.9 Å². The SMILES string of the molecule is C=C(OC(=P)c1ccc2c(c1)N(Cc1ccc(OC(F)(F)F)cc1)C(=O)[C@@H](N)CS2)C(C)(C)C#N. The number of hydrogen-bond donors (Lipinski definition) is 1. The van der Waals surface area contributed by atoms with Crippen LogP contribution in [0.3, 0.4) is 0 Å². The molecule has 1 aliphatic heterocycles. The van der Waals surface area contributed by atoms with Gasteiger partial charge in [0.05, 0.1) is 24.3 Å². The number of rotatable bonds is 7. The number of nitrogens with zero attached hydrogens (tertiary/aromatic N) is 2. The number of thioether (sulfide) groups is 1. The van der Waals surface area contributed by atoms with Crippen molar-refractivity contribution in [2.45, 2.75) is 37.7 Å². The summed E-state index contributed by atoms with van der Waals surface area (Å²) in [6.07, 6.45) is -4.79. The van der Waals surface area contributed by atoms with Crippen LogP contribution in [-0.2, 0) is 16.1 Å². The third-order valence-electron chi connectivity index (χ3n) is 5.21. The van der Waals surface area contributed by atoms with E-state index >= 15 is 0 Å². The lowest BCUT2D eigenvalue weighted by Crippen LogP contribution is -2.44. The second-order valence-corrected chi connectivity index (χ2v) is 9.82. The molecule has 0 radical (unpaired) electrons. The Labute approximate surface area is 207 Å². The first-order chi connectivity index (χ1) is 16.3. The first-order valence-corrected chi connectivity index (χ1v) is 11.8. The van der Waals surface area contributed by atoms with Gasteiger partial charge in [-0.25, -0.2) is 0 Å². The summed E-state index contributed by atoms with van der Waals surface area (Å²) in [6, 6.07) is 12.0. The van der Waals surface area contributed by atoms with E-state index in [1.54, 1.807) is 26.0 Å². The van der Waals surface area contributed by atoms with Gasteiger partial charge in [-0.1, -0.05) is 27.6 Å². The van der Waals surface area contributed by atoms with E-state index in [1.807, 2.05) is 6.07 Å². The minimum Gasteiger partial charge on any atom is -0.456 e. The number of carbonyl (C=O) groups excluding carboxylic acids is 1. The molecule has 1 heterocycles. The lowest BCUT2D eigenvalue weighted by atomic mass is 9.94.